The fraction of sp³-hybridized carbons (Fsp3) is 0. The van der Waals surface area contributed by atoms with Crippen molar-refractivity contribution in [1.29, 1.82) is 0 Å². The number of hydrogen-bond acceptors (Lipinski definition) is 5. The van der Waals surface area contributed by atoms with Crippen LogP contribution in [0.4, 0.5) is 5.13 Å². The maximum Gasteiger partial charge on any atom is 0.275 e. The van der Waals surface area contributed by atoms with Gasteiger partial charge in [-0.05, 0) is 6.07 Å². The summed E-state index contributed by atoms with van der Waals surface area (Å²) in [5.74, 6) is -0.269. The lowest BCUT2D eigenvalue weighted by molar-refractivity contribution is 0.102. The maximum atomic E-state index is 11.3. The molecule has 7 heteroatoms. The Bertz CT molecular complexity index is 381. The van der Waals surface area contributed by atoms with E-state index in [1.807, 2.05) is 0 Å². The summed E-state index contributed by atoms with van der Waals surface area (Å²) in [6.45, 7) is 0. The standard InChI is InChI=1S/C6H5N5OS/c12-5(4-1-2-7-10-4)9-6-11-8-3-13-6/h1-3H,(H,7,10)(H,9,11,12). The molecule has 0 saturated carbocycles. The average molecular weight is 195 g/mol. The number of nitrogens with zero attached hydrogens (tertiary/aromatic N) is 3. The second-order valence-corrected chi connectivity index (χ2v) is 3.00. The van der Waals surface area contributed by atoms with Gasteiger partial charge in [-0.1, -0.05) is 11.3 Å². The lowest BCUT2D eigenvalue weighted by Gasteiger charge is -1.95. The molecule has 0 aromatic carbocycles. The summed E-state index contributed by atoms with van der Waals surface area (Å²) in [5.41, 5.74) is 1.94. The number of carbonyl (C=O) groups is 1. The SMILES string of the molecule is O=C(Nc1nncs1)c1ccn[nH]1. The molecule has 0 radical (unpaired) electrons. The number of carbonyl (C=O) groups excluding carboxylic acids is 1. The van der Waals surface area contributed by atoms with E-state index in [2.05, 4.69) is 25.7 Å². The quantitative estimate of drug-likeness (QED) is 0.731. The summed E-state index contributed by atoms with van der Waals surface area (Å²) in [6, 6.07) is 1.58. The molecule has 0 atom stereocenters. The molecule has 6 nitrogen and oxygen atoms in total. The summed E-state index contributed by atoms with van der Waals surface area (Å²) in [5, 5.41) is 16.5. The van der Waals surface area contributed by atoms with E-state index >= 15 is 0 Å². The number of amides is 1. The van der Waals surface area contributed by atoms with Gasteiger partial charge in [-0.3, -0.25) is 15.2 Å². The highest BCUT2D eigenvalue weighted by Crippen LogP contribution is 2.08. The van der Waals surface area contributed by atoms with Gasteiger partial charge in [-0.15, -0.1) is 10.2 Å². The lowest BCUT2D eigenvalue weighted by atomic mass is 10.4. The molecule has 0 aliphatic rings. The van der Waals surface area contributed by atoms with Crippen molar-refractivity contribution in [3.05, 3.63) is 23.5 Å². The zero-order valence-corrected chi connectivity index (χ0v) is 7.21. The third-order valence-corrected chi connectivity index (χ3v) is 1.93. The van der Waals surface area contributed by atoms with Crippen LogP contribution in [0.15, 0.2) is 17.8 Å². The van der Waals surface area contributed by atoms with Gasteiger partial charge in [0.25, 0.3) is 5.91 Å². The molecule has 2 heterocycles. The van der Waals surface area contributed by atoms with Crippen LogP contribution in [-0.4, -0.2) is 26.3 Å². The second-order valence-electron chi connectivity index (χ2n) is 2.17. The Kier molecular flexibility index (Phi) is 2.01. The fourth-order valence-corrected chi connectivity index (χ4v) is 1.21. The number of anilines is 1. The fourth-order valence-electron chi connectivity index (χ4n) is 0.774. The Hall–Kier alpha value is -1.76. The molecule has 2 aromatic rings. The van der Waals surface area contributed by atoms with E-state index < -0.39 is 0 Å². The number of rotatable bonds is 2. The van der Waals surface area contributed by atoms with Gasteiger partial charge in [0.2, 0.25) is 5.13 Å². The molecule has 0 spiro atoms. The molecule has 0 unspecified atom stereocenters. The molecular weight excluding hydrogens is 190 g/mol. The third kappa shape index (κ3) is 1.70. The first kappa shape index (κ1) is 7.87. The number of hydrogen-bond donors (Lipinski definition) is 2. The van der Waals surface area contributed by atoms with Gasteiger partial charge in [-0.25, -0.2) is 0 Å². The van der Waals surface area contributed by atoms with Crippen LogP contribution >= 0.6 is 11.3 Å². The molecule has 0 fully saturated rings. The molecule has 1 amide bonds. The van der Waals surface area contributed by atoms with Gasteiger partial charge < -0.3 is 0 Å². The molecule has 0 bridgehead atoms. The Balaban J connectivity index is 2.08. The number of H-pyrrole nitrogens is 1. The van der Waals surface area contributed by atoms with E-state index in [1.165, 1.54) is 17.5 Å². The highest BCUT2D eigenvalue weighted by molar-refractivity contribution is 7.13. The Morgan fingerprint density at radius 1 is 1.62 bits per heavy atom. The van der Waals surface area contributed by atoms with Crippen molar-refractivity contribution in [3.63, 3.8) is 0 Å². The molecule has 66 valence electrons. The molecule has 2 rings (SSSR count). The van der Waals surface area contributed by atoms with E-state index in [0.29, 0.717) is 10.8 Å². The van der Waals surface area contributed by atoms with Crippen molar-refractivity contribution in [1.82, 2.24) is 20.4 Å². The molecule has 0 aliphatic heterocycles. The minimum atomic E-state index is -0.269. The summed E-state index contributed by atoms with van der Waals surface area (Å²) in [7, 11) is 0. The van der Waals surface area contributed by atoms with Gasteiger partial charge in [0.1, 0.15) is 11.2 Å². The first-order valence-electron chi connectivity index (χ1n) is 3.43. The first-order valence-corrected chi connectivity index (χ1v) is 4.31. The summed E-state index contributed by atoms with van der Waals surface area (Å²) < 4.78 is 0. The van der Waals surface area contributed by atoms with Crippen molar-refractivity contribution in [2.24, 2.45) is 0 Å². The number of nitrogens with one attached hydrogen (secondary N) is 2. The van der Waals surface area contributed by atoms with Crippen LogP contribution in [0.25, 0.3) is 0 Å². The molecule has 0 saturated heterocycles. The minimum absolute atomic E-state index is 0.269. The molecule has 2 N–H and O–H groups in total. The molecule has 0 aliphatic carbocycles. The van der Waals surface area contributed by atoms with Crippen LogP contribution in [-0.2, 0) is 0 Å². The summed E-state index contributed by atoms with van der Waals surface area (Å²) >= 11 is 1.26. The van der Waals surface area contributed by atoms with Crippen LogP contribution in [0.3, 0.4) is 0 Å². The largest absolute Gasteiger partial charge is 0.295 e. The highest BCUT2D eigenvalue weighted by Gasteiger charge is 2.07. The van der Waals surface area contributed by atoms with E-state index in [-0.39, 0.29) is 5.91 Å². The highest BCUT2D eigenvalue weighted by atomic mass is 32.1. The second kappa shape index (κ2) is 3.31. The molecule has 13 heavy (non-hydrogen) atoms. The topological polar surface area (TPSA) is 83.6 Å². The zero-order valence-electron chi connectivity index (χ0n) is 6.39. The maximum absolute atomic E-state index is 11.3. The summed E-state index contributed by atoms with van der Waals surface area (Å²) in [6.07, 6.45) is 1.51. The number of aromatic amines is 1. The molecule has 2 aromatic heterocycles. The van der Waals surface area contributed by atoms with Crippen LogP contribution in [0.2, 0.25) is 0 Å². The Labute approximate surface area is 77.0 Å². The van der Waals surface area contributed by atoms with Crippen LogP contribution in [0, 0.1) is 0 Å². The average Bonchev–Trinajstić information content (AvgIpc) is 2.74. The van der Waals surface area contributed by atoms with Crippen molar-refractivity contribution in [2.75, 3.05) is 5.32 Å². The van der Waals surface area contributed by atoms with Crippen LogP contribution < -0.4 is 5.32 Å². The van der Waals surface area contributed by atoms with E-state index in [4.69, 9.17) is 0 Å². The predicted octanol–water partition coefficient (Wildman–Crippen LogP) is 0.513. The first-order chi connectivity index (χ1) is 6.36. The Morgan fingerprint density at radius 2 is 2.54 bits per heavy atom. The van der Waals surface area contributed by atoms with Crippen molar-refractivity contribution in [2.45, 2.75) is 0 Å². The predicted molar refractivity (Wildman–Crippen MR) is 46.4 cm³/mol. The van der Waals surface area contributed by atoms with Crippen LogP contribution in [0.5, 0.6) is 0 Å². The van der Waals surface area contributed by atoms with E-state index in [0.717, 1.165) is 0 Å². The van der Waals surface area contributed by atoms with Crippen molar-refractivity contribution < 1.29 is 4.79 Å². The normalized spacial score (nSPS) is 9.85. The third-order valence-electron chi connectivity index (χ3n) is 1.33. The van der Waals surface area contributed by atoms with Crippen molar-refractivity contribution in [3.8, 4) is 0 Å². The van der Waals surface area contributed by atoms with Gasteiger partial charge in [0, 0.05) is 6.20 Å². The van der Waals surface area contributed by atoms with E-state index in [1.54, 1.807) is 11.6 Å². The van der Waals surface area contributed by atoms with Gasteiger partial charge in [-0.2, -0.15) is 5.10 Å². The summed E-state index contributed by atoms with van der Waals surface area (Å²) in [4.78, 5) is 11.3. The monoisotopic (exact) mass is 195 g/mol. The zero-order chi connectivity index (χ0) is 9.10. The Morgan fingerprint density at radius 3 is 3.15 bits per heavy atom. The van der Waals surface area contributed by atoms with Gasteiger partial charge in [0.05, 0.1) is 0 Å². The van der Waals surface area contributed by atoms with Crippen LogP contribution in [0.1, 0.15) is 10.5 Å². The molecular formula is C6H5N5OS. The van der Waals surface area contributed by atoms with Crippen molar-refractivity contribution >= 4 is 22.4 Å². The number of aromatic nitrogens is 4. The minimum Gasteiger partial charge on any atom is -0.295 e. The van der Waals surface area contributed by atoms with Gasteiger partial charge >= 0.3 is 0 Å². The van der Waals surface area contributed by atoms with Gasteiger partial charge in [0.15, 0.2) is 0 Å². The van der Waals surface area contributed by atoms with E-state index in [9.17, 15) is 4.79 Å². The lowest BCUT2D eigenvalue weighted by Crippen LogP contribution is -2.12. The smallest absolute Gasteiger partial charge is 0.275 e.